The van der Waals surface area contributed by atoms with Gasteiger partial charge in [0.05, 0.1) is 17.4 Å². The number of benzene rings is 1. The maximum Gasteiger partial charge on any atom is 0.354 e. The van der Waals surface area contributed by atoms with E-state index in [4.69, 9.17) is 5.11 Å². The minimum atomic E-state index is -1.12. The van der Waals surface area contributed by atoms with Crippen LogP contribution in [0.2, 0.25) is 0 Å². The van der Waals surface area contributed by atoms with Crippen LogP contribution in [0.1, 0.15) is 10.5 Å². The quantitative estimate of drug-likeness (QED) is 0.735. The molecule has 3 aromatic rings. The maximum atomic E-state index is 13.2. The van der Waals surface area contributed by atoms with E-state index in [1.807, 2.05) is 0 Å². The molecule has 0 bridgehead atoms. The summed E-state index contributed by atoms with van der Waals surface area (Å²) in [5.41, 5.74) is 1.35. The zero-order valence-electron chi connectivity index (χ0n) is 9.88. The number of halogens is 1. The summed E-state index contributed by atoms with van der Waals surface area (Å²) in [5, 5.41) is 9.06. The number of hydrogen-bond acceptors (Lipinski definition) is 3. The van der Waals surface area contributed by atoms with E-state index in [9.17, 15) is 9.18 Å². The van der Waals surface area contributed by atoms with Crippen molar-refractivity contribution in [1.82, 2.24) is 19.5 Å². The Labute approximate surface area is 106 Å². The van der Waals surface area contributed by atoms with Crippen LogP contribution in [-0.4, -0.2) is 30.6 Å². The zero-order valence-corrected chi connectivity index (χ0v) is 9.88. The van der Waals surface area contributed by atoms with Gasteiger partial charge in [-0.2, -0.15) is 0 Å². The van der Waals surface area contributed by atoms with Gasteiger partial charge in [0.1, 0.15) is 11.5 Å². The van der Waals surface area contributed by atoms with Crippen molar-refractivity contribution < 1.29 is 14.3 Å². The zero-order chi connectivity index (χ0) is 13.6. The van der Waals surface area contributed by atoms with Crippen molar-refractivity contribution in [2.75, 3.05) is 0 Å². The first-order valence-corrected chi connectivity index (χ1v) is 5.47. The number of carboxylic acids is 1. The van der Waals surface area contributed by atoms with Crippen LogP contribution in [0.15, 0.2) is 24.5 Å². The van der Waals surface area contributed by atoms with Gasteiger partial charge in [-0.05, 0) is 18.2 Å². The lowest BCUT2D eigenvalue weighted by Gasteiger charge is -2.00. The number of rotatable bonds is 2. The number of H-pyrrole nitrogens is 1. The van der Waals surface area contributed by atoms with E-state index in [-0.39, 0.29) is 17.2 Å². The van der Waals surface area contributed by atoms with Gasteiger partial charge in [-0.25, -0.2) is 19.2 Å². The minimum absolute atomic E-state index is 0.0427. The Morgan fingerprint density at radius 1 is 1.47 bits per heavy atom. The standard InChI is InChI=1S/C12H9FN4O2/c1-17-8-4-6(13)2-3-7(8)16-11(17)9-10(12(18)19)15-5-14-9/h2-5H,1H3,(H,14,15)(H,18,19). The van der Waals surface area contributed by atoms with Crippen LogP contribution in [-0.2, 0) is 7.05 Å². The van der Waals surface area contributed by atoms with Crippen LogP contribution < -0.4 is 0 Å². The van der Waals surface area contributed by atoms with Crippen molar-refractivity contribution in [1.29, 1.82) is 0 Å². The summed E-state index contributed by atoms with van der Waals surface area (Å²) >= 11 is 0. The molecule has 0 unspecified atom stereocenters. The summed E-state index contributed by atoms with van der Waals surface area (Å²) in [6.07, 6.45) is 1.29. The van der Waals surface area contributed by atoms with E-state index in [0.29, 0.717) is 16.9 Å². The van der Waals surface area contributed by atoms with Crippen molar-refractivity contribution >= 4 is 17.0 Å². The molecule has 0 aliphatic rings. The molecule has 19 heavy (non-hydrogen) atoms. The van der Waals surface area contributed by atoms with Gasteiger partial charge in [0.2, 0.25) is 0 Å². The number of carboxylic acid groups (broad SMARTS) is 1. The summed E-state index contributed by atoms with van der Waals surface area (Å²) in [4.78, 5) is 21.9. The number of aromatic amines is 1. The number of aromatic carboxylic acids is 1. The highest BCUT2D eigenvalue weighted by Gasteiger charge is 2.20. The average molecular weight is 260 g/mol. The van der Waals surface area contributed by atoms with Gasteiger partial charge in [0, 0.05) is 7.05 Å². The van der Waals surface area contributed by atoms with E-state index in [1.54, 1.807) is 17.7 Å². The third-order valence-electron chi connectivity index (χ3n) is 2.91. The fourth-order valence-electron chi connectivity index (χ4n) is 2.00. The van der Waals surface area contributed by atoms with Crippen LogP contribution >= 0.6 is 0 Å². The molecule has 1 aromatic carbocycles. The first kappa shape index (κ1) is 11.4. The number of aryl methyl sites for hydroxylation is 1. The highest BCUT2D eigenvalue weighted by molar-refractivity contribution is 5.93. The summed E-state index contributed by atoms with van der Waals surface area (Å²) in [6.45, 7) is 0. The second kappa shape index (κ2) is 3.91. The summed E-state index contributed by atoms with van der Waals surface area (Å²) in [5.74, 6) is -1.12. The van der Waals surface area contributed by atoms with Crippen LogP contribution in [0.3, 0.4) is 0 Å². The maximum absolute atomic E-state index is 13.2. The fraction of sp³-hybridized carbons (Fsp3) is 0.0833. The van der Waals surface area contributed by atoms with E-state index >= 15 is 0 Å². The highest BCUT2D eigenvalue weighted by Crippen LogP contribution is 2.24. The number of fused-ring (bicyclic) bond motifs is 1. The van der Waals surface area contributed by atoms with Gasteiger partial charge in [-0.1, -0.05) is 0 Å². The smallest absolute Gasteiger partial charge is 0.354 e. The molecule has 0 aliphatic heterocycles. The number of aromatic nitrogens is 4. The SMILES string of the molecule is Cn1c(-c2nc[nH]c2C(=O)O)nc2ccc(F)cc21. The molecule has 0 saturated carbocycles. The molecule has 0 radical (unpaired) electrons. The van der Waals surface area contributed by atoms with E-state index in [0.717, 1.165) is 0 Å². The molecular formula is C12H9FN4O2. The number of nitrogens with zero attached hydrogens (tertiary/aromatic N) is 3. The molecule has 7 heteroatoms. The molecule has 6 nitrogen and oxygen atoms in total. The predicted molar refractivity (Wildman–Crippen MR) is 65.2 cm³/mol. The molecule has 96 valence electrons. The largest absolute Gasteiger partial charge is 0.477 e. The average Bonchev–Trinajstić information content (AvgIpc) is 2.95. The third kappa shape index (κ3) is 1.67. The Balaban J connectivity index is 2.28. The second-order valence-electron chi connectivity index (χ2n) is 4.06. The van der Waals surface area contributed by atoms with Gasteiger partial charge in [-0.15, -0.1) is 0 Å². The van der Waals surface area contributed by atoms with E-state index < -0.39 is 5.97 Å². The molecule has 0 saturated heterocycles. The summed E-state index contributed by atoms with van der Waals surface area (Å²) < 4.78 is 14.8. The van der Waals surface area contributed by atoms with Gasteiger partial charge in [-0.3, -0.25) is 0 Å². The Hall–Kier alpha value is -2.70. The van der Waals surface area contributed by atoms with Gasteiger partial charge >= 0.3 is 5.97 Å². The molecular weight excluding hydrogens is 251 g/mol. The van der Waals surface area contributed by atoms with Crippen LogP contribution in [0.4, 0.5) is 4.39 Å². The number of carbonyl (C=O) groups is 1. The van der Waals surface area contributed by atoms with E-state index in [1.165, 1.54) is 18.5 Å². The Kier molecular flexibility index (Phi) is 2.34. The molecule has 2 N–H and O–H groups in total. The Morgan fingerprint density at radius 2 is 2.26 bits per heavy atom. The number of nitrogens with one attached hydrogen (secondary N) is 1. The lowest BCUT2D eigenvalue weighted by molar-refractivity contribution is 0.0692. The third-order valence-corrected chi connectivity index (χ3v) is 2.91. The van der Waals surface area contributed by atoms with Gasteiger partial charge < -0.3 is 14.7 Å². The molecule has 2 heterocycles. The molecule has 0 amide bonds. The molecule has 3 rings (SSSR count). The normalized spacial score (nSPS) is 11.1. The van der Waals surface area contributed by atoms with Crippen molar-refractivity contribution in [3.05, 3.63) is 36.0 Å². The Bertz CT molecular complexity index is 790. The topological polar surface area (TPSA) is 83.8 Å². The summed E-state index contributed by atoms with van der Waals surface area (Å²) in [7, 11) is 1.68. The van der Waals surface area contributed by atoms with Crippen molar-refractivity contribution in [3.63, 3.8) is 0 Å². The van der Waals surface area contributed by atoms with Crippen molar-refractivity contribution in [2.24, 2.45) is 7.05 Å². The predicted octanol–water partition coefficient (Wildman–Crippen LogP) is 1.80. The lowest BCUT2D eigenvalue weighted by atomic mass is 10.3. The minimum Gasteiger partial charge on any atom is -0.477 e. The Morgan fingerprint density at radius 3 is 3.00 bits per heavy atom. The number of imidazole rings is 2. The van der Waals surface area contributed by atoms with Gasteiger partial charge in [0.25, 0.3) is 0 Å². The number of hydrogen-bond donors (Lipinski definition) is 2. The molecule has 0 spiro atoms. The first-order chi connectivity index (χ1) is 9.08. The van der Waals surface area contributed by atoms with Crippen LogP contribution in [0.25, 0.3) is 22.6 Å². The molecule has 0 fully saturated rings. The van der Waals surface area contributed by atoms with Crippen LogP contribution in [0, 0.1) is 5.82 Å². The van der Waals surface area contributed by atoms with Crippen molar-refractivity contribution in [2.45, 2.75) is 0 Å². The molecule has 0 aliphatic carbocycles. The van der Waals surface area contributed by atoms with Crippen molar-refractivity contribution in [3.8, 4) is 11.5 Å². The fourth-order valence-corrected chi connectivity index (χ4v) is 2.00. The first-order valence-electron chi connectivity index (χ1n) is 5.47. The molecule has 0 atom stereocenters. The lowest BCUT2D eigenvalue weighted by Crippen LogP contribution is -2.02. The van der Waals surface area contributed by atoms with Crippen LogP contribution in [0.5, 0.6) is 0 Å². The highest BCUT2D eigenvalue weighted by atomic mass is 19.1. The van der Waals surface area contributed by atoms with E-state index in [2.05, 4.69) is 15.0 Å². The monoisotopic (exact) mass is 260 g/mol. The molecule has 2 aromatic heterocycles. The summed E-state index contributed by atoms with van der Waals surface area (Å²) in [6, 6.07) is 4.20. The van der Waals surface area contributed by atoms with Gasteiger partial charge in [0.15, 0.2) is 11.5 Å². The second-order valence-corrected chi connectivity index (χ2v) is 4.06.